The van der Waals surface area contributed by atoms with Crippen molar-refractivity contribution in [1.29, 1.82) is 0 Å². The molecule has 1 aromatic heterocycles. The van der Waals surface area contributed by atoms with Crippen LogP contribution < -0.4 is 15.5 Å². The fourth-order valence-corrected chi connectivity index (χ4v) is 3.62. The number of carbonyl (C=O) groups excluding carboxylic acids is 2. The first-order valence-corrected chi connectivity index (χ1v) is 11.5. The number of H-pyrrole nitrogens is 1. The van der Waals surface area contributed by atoms with Gasteiger partial charge in [-0.3, -0.25) is 4.79 Å². The molecule has 4 rings (SSSR count). The minimum atomic E-state index is -0.967. The third-order valence-corrected chi connectivity index (χ3v) is 5.41. The van der Waals surface area contributed by atoms with Gasteiger partial charge in [0.25, 0.3) is 5.91 Å². The molecule has 0 aliphatic heterocycles. The topological polar surface area (TPSA) is 118 Å². The molecule has 0 saturated carbocycles. The van der Waals surface area contributed by atoms with E-state index in [9.17, 15) is 9.59 Å². The first-order valence-electron chi connectivity index (χ1n) is 11.5. The summed E-state index contributed by atoms with van der Waals surface area (Å²) >= 11 is 0. The van der Waals surface area contributed by atoms with E-state index in [1.165, 1.54) is 12.5 Å². The fraction of sp³-hybridized carbons (Fsp3) is 0.143. The number of aromatic nitrogens is 2. The molecular formula is C28H25N5O4. The summed E-state index contributed by atoms with van der Waals surface area (Å²) in [5.74, 6) is 2.44. The molecule has 2 amide bonds. The number of alkyl carbamates (subject to hydrolysis) is 1. The summed E-state index contributed by atoms with van der Waals surface area (Å²) in [5.41, 5.74) is 4.65. The van der Waals surface area contributed by atoms with Crippen LogP contribution in [0.1, 0.15) is 16.8 Å². The highest BCUT2D eigenvalue weighted by Gasteiger charge is 2.22. The molecule has 3 aromatic carbocycles. The van der Waals surface area contributed by atoms with Gasteiger partial charge in [-0.2, -0.15) is 5.10 Å². The second-order valence-corrected chi connectivity index (χ2v) is 7.97. The number of rotatable bonds is 10. The standard InChI is InChI=1S/C28H25N5O4/c1-2-14-36-26-13-12-21-10-6-7-11-23(21)24(26)17-31-33-27(34)25(15-22-16-29-19-30-22)32-28(35)37-18-20-8-4-3-5-9-20/h1,3-13,16-17,19,25H,14-15,18H2,(H,29,30)(H,32,35)(H,33,34)/b31-17-/t25-/m0/s1. The number of hydrogen-bond donors (Lipinski definition) is 3. The Morgan fingerprint density at radius 1 is 1.11 bits per heavy atom. The SMILES string of the molecule is C#CCOc1ccc2ccccc2c1/C=N\NC(=O)[C@H](Cc1cnc[nH]1)NC(=O)OCc1ccccc1. The van der Waals surface area contributed by atoms with Crippen LogP contribution in [-0.4, -0.2) is 40.8 Å². The van der Waals surface area contributed by atoms with Crippen LogP contribution in [0.2, 0.25) is 0 Å². The zero-order valence-corrected chi connectivity index (χ0v) is 19.9. The lowest BCUT2D eigenvalue weighted by molar-refractivity contribution is -0.123. The predicted octanol–water partition coefficient (Wildman–Crippen LogP) is 3.56. The molecule has 0 radical (unpaired) electrons. The number of carbonyl (C=O) groups is 2. The molecular weight excluding hydrogens is 470 g/mol. The molecule has 37 heavy (non-hydrogen) atoms. The summed E-state index contributed by atoms with van der Waals surface area (Å²) in [6.07, 6.45) is 9.34. The smallest absolute Gasteiger partial charge is 0.408 e. The van der Waals surface area contributed by atoms with Crippen molar-refractivity contribution in [1.82, 2.24) is 20.7 Å². The van der Waals surface area contributed by atoms with Gasteiger partial charge in [-0.25, -0.2) is 15.2 Å². The van der Waals surface area contributed by atoms with Gasteiger partial charge in [0, 0.05) is 23.9 Å². The Kier molecular flexibility index (Phi) is 8.49. The Morgan fingerprint density at radius 2 is 1.92 bits per heavy atom. The number of aromatic amines is 1. The van der Waals surface area contributed by atoms with Gasteiger partial charge >= 0.3 is 6.09 Å². The molecule has 0 spiro atoms. The van der Waals surface area contributed by atoms with Crippen LogP contribution in [-0.2, 0) is 22.6 Å². The van der Waals surface area contributed by atoms with Gasteiger partial charge in [-0.05, 0) is 22.4 Å². The lowest BCUT2D eigenvalue weighted by Crippen LogP contribution is -2.47. The molecule has 3 N–H and O–H groups in total. The molecule has 9 nitrogen and oxygen atoms in total. The summed E-state index contributed by atoms with van der Waals surface area (Å²) in [4.78, 5) is 32.3. The van der Waals surface area contributed by atoms with E-state index in [2.05, 4.69) is 31.7 Å². The number of benzene rings is 3. The number of hydrogen-bond acceptors (Lipinski definition) is 6. The number of fused-ring (bicyclic) bond motifs is 1. The Balaban J connectivity index is 1.47. The lowest BCUT2D eigenvalue weighted by Gasteiger charge is -2.16. The highest BCUT2D eigenvalue weighted by Crippen LogP contribution is 2.26. The second-order valence-electron chi connectivity index (χ2n) is 7.97. The molecule has 0 bridgehead atoms. The molecule has 0 aliphatic rings. The first-order chi connectivity index (χ1) is 18.1. The van der Waals surface area contributed by atoms with Crippen LogP contribution >= 0.6 is 0 Å². The van der Waals surface area contributed by atoms with Crippen molar-refractivity contribution < 1.29 is 19.1 Å². The van der Waals surface area contributed by atoms with Gasteiger partial charge in [0.2, 0.25) is 0 Å². The van der Waals surface area contributed by atoms with E-state index in [4.69, 9.17) is 15.9 Å². The molecule has 1 heterocycles. The van der Waals surface area contributed by atoms with Crippen LogP contribution in [0.4, 0.5) is 4.79 Å². The molecule has 0 fully saturated rings. The Morgan fingerprint density at radius 3 is 2.70 bits per heavy atom. The van der Waals surface area contributed by atoms with Crippen LogP contribution in [0.3, 0.4) is 0 Å². The molecule has 9 heteroatoms. The van der Waals surface area contributed by atoms with E-state index in [-0.39, 0.29) is 19.6 Å². The van der Waals surface area contributed by atoms with Gasteiger partial charge in [-0.1, -0.05) is 66.6 Å². The number of hydrazone groups is 1. The van der Waals surface area contributed by atoms with Gasteiger partial charge < -0.3 is 19.8 Å². The maximum atomic E-state index is 13.0. The average molecular weight is 496 g/mol. The minimum absolute atomic E-state index is 0.0741. The predicted molar refractivity (Wildman–Crippen MR) is 140 cm³/mol. The van der Waals surface area contributed by atoms with Gasteiger partial charge in [0.15, 0.2) is 0 Å². The number of nitrogens with one attached hydrogen (secondary N) is 3. The monoisotopic (exact) mass is 495 g/mol. The Bertz CT molecular complexity index is 1410. The van der Waals surface area contributed by atoms with Crippen molar-refractivity contribution in [3.63, 3.8) is 0 Å². The molecule has 1 atom stereocenters. The minimum Gasteiger partial charge on any atom is -0.480 e. The fourth-order valence-electron chi connectivity index (χ4n) is 3.62. The van der Waals surface area contributed by atoms with E-state index < -0.39 is 18.0 Å². The summed E-state index contributed by atoms with van der Waals surface area (Å²) in [6, 6.07) is 19.7. The van der Waals surface area contributed by atoms with E-state index in [1.54, 1.807) is 12.3 Å². The summed E-state index contributed by atoms with van der Waals surface area (Å²) in [6.45, 7) is 0.164. The molecule has 0 saturated heterocycles. The molecule has 4 aromatic rings. The number of nitrogens with zero attached hydrogens (tertiary/aromatic N) is 2. The number of terminal acetylenes is 1. The molecule has 186 valence electrons. The zero-order chi connectivity index (χ0) is 25.9. The molecule has 0 aliphatic carbocycles. The second kappa shape index (κ2) is 12.6. The van der Waals surface area contributed by atoms with E-state index in [0.29, 0.717) is 17.0 Å². The quantitative estimate of drug-likeness (QED) is 0.177. The number of imidazole rings is 1. The van der Waals surface area contributed by atoms with Crippen LogP contribution in [0.25, 0.3) is 10.8 Å². The highest BCUT2D eigenvalue weighted by molar-refractivity contribution is 6.02. The summed E-state index contributed by atoms with van der Waals surface area (Å²) in [7, 11) is 0. The number of amides is 2. The highest BCUT2D eigenvalue weighted by atomic mass is 16.5. The van der Waals surface area contributed by atoms with Crippen LogP contribution in [0, 0.1) is 12.3 Å². The number of ether oxygens (including phenoxy) is 2. The lowest BCUT2D eigenvalue weighted by atomic mass is 10.0. The maximum Gasteiger partial charge on any atom is 0.408 e. The van der Waals surface area contributed by atoms with Gasteiger partial charge in [-0.15, -0.1) is 6.42 Å². The average Bonchev–Trinajstić information content (AvgIpc) is 3.44. The zero-order valence-electron chi connectivity index (χ0n) is 19.9. The van der Waals surface area contributed by atoms with E-state index >= 15 is 0 Å². The van der Waals surface area contributed by atoms with E-state index in [0.717, 1.165) is 16.3 Å². The van der Waals surface area contributed by atoms with E-state index in [1.807, 2.05) is 60.7 Å². The van der Waals surface area contributed by atoms with Crippen molar-refractivity contribution in [2.45, 2.75) is 19.1 Å². The van der Waals surface area contributed by atoms with Gasteiger partial charge in [0.05, 0.1) is 12.5 Å². The third-order valence-electron chi connectivity index (χ3n) is 5.41. The van der Waals surface area contributed by atoms with Crippen LogP contribution in [0.15, 0.2) is 84.4 Å². The van der Waals surface area contributed by atoms with Crippen molar-refractivity contribution in [3.05, 3.63) is 96.1 Å². The first kappa shape index (κ1) is 25.0. The Hall–Kier alpha value is -5.10. The van der Waals surface area contributed by atoms with Crippen molar-refractivity contribution in [2.75, 3.05) is 6.61 Å². The Labute approximate surface area is 213 Å². The third kappa shape index (κ3) is 6.96. The van der Waals surface area contributed by atoms with Crippen molar-refractivity contribution in [2.24, 2.45) is 5.10 Å². The van der Waals surface area contributed by atoms with Crippen molar-refractivity contribution in [3.8, 4) is 18.1 Å². The van der Waals surface area contributed by atoms with Crippen LogP contribution in [0.5, 0.6) is 5.75 Å². The molecule has 0 unspecified atom stereocenters. The van der Waals surface area contributed by atoms with Crippen molar-refractivity contribution >= 4 is 29.0 Å². The van der Waals surface area contributed by atoms with Gasteiger partial charge in [0.1, 0.15) is 25.0 Å². The maximum absolute atomic E-state index is 13.0. The summed E-state index contributed by atoms with van der Waals surface area (Å²) < 4.78 is 10.9. The largest absolute Gasteiger partial charge is 0.480 e. The normalized spacial score (nSPS) is 11.5. The summed E-state index contributed by atoms with van der Waals surface area (Å²) in [5, 5.41) is 8.59.